The van der Waals surface area contributed by atoms with Crippen LogP contribution in [0, 0.1) is 0 Å². The molecule has 0 saturated heterocycles. The fraction of sp³-hybridized carbons (Fsp3) is 0.500. The average Bonchev–Trinajstić information content (AvgIpc) is 1.82. The second-order valence-electron chi connectivity index (χ2n) is 2.43. The van der Waals surface area contributed by atoms with Crippen molar-refractivity contribution in [2.75, 3.05) is 0 Å². The number of carbonyl (C=O) groups excluding carboxylic acids is 2. The van der Waals surface area contributed by atoms with E-state index in [0.29, 0.717) is 0 Å². The van der Waals surface area contributed by atoms with Crippen molar-refractivity contribution >= 4 is 17.9 Å². The Kier molecular flexibility index (Phi) is 30.5. The normalized spacial score (nSPS) is 8.29. The van der Waals surface area contributed by atoms with Crippen molar-refractivity contribution in [3.8, 4) is 0 Å². The zero-order valence-electron chi connectivity index (χ0n) is 9.73. The van der Waals surface area contributed by atoms with Crippen LogP contribution >= 0.6 is 0 Å². The van der Waals surface area contributed by atoms with Crippen LogP contribution in [0.5, 0.6) is 0 Å². The maximum Gasteiger partial charge on any atom is 1.00 e. The van der Waals surface area contributed by atoms with Crippen molar-refractivity contribution in [3.63, 3.8) is 0 Å². The summed E-state index contributed by atoms with van der Waals surface area (Å²) >= 11 is 0. The van der Waals surface area contributed by atoms with Crippen molar-refractivity contribution in [1.29, 1.82) is 0 Å². The van der Waals surface area contributed by atoms with Crippen molar-refractivity contribution < 1.29 is 201 Å². The van der Waals surface area contributed by atoms with Gasteiger partial charge < -0.3 is 42.4 Å². The molecule has 0 atom stereocenters. The van der Waals surface area contributed by atoms with Crippen LogP contribution in [0.15, 0.2) is 0 Å². The number of aliphatic carboxylic acids is 3. The summed E-state index contributed by atoms with van der Waals surface area (Å²) in [5.74, 6) is -5.65. The van der Waals surface area contributed by atoms with Crippen molar-refractivity contribution in [1.82, 2.24) is 0 Å². The number of hydrogen-bond acceptors (Lipinski definition) is 6. The molecule has 0 spiro atoms. The fourth-order valence-corrected chi connectivity index (χ4v) is 0.691. The predicted molar refractivity (Wildman–Crippen MR) is 31.8 cm³/mol. The quantitative estimate of drug-likeness (QED) is 0.473. The van der Waals surface area contributed by atoms with Crippen molar-refractivity contribution in [2.24, 2.45) is 0 Å². The van der Waals surface area contributed by atoms with E-state index < -0.39 is 36.4 Å². The van der Waals surface area contributed by atoms with E-state index in [0.717, 1.165) is 0 Å². The molecule has 0 aromatic rings. The van der Waals surface area contributed by atoms with Gasteiger partial charge in [-0.25, -0.2) is 4.79 Å². The first-order valence-corrected chi connectivity index (χ1v) is 3.13. The topological polar surface area (TPSA) is 138 Å². The summed E-state index contributed by atoms with van der Waals surface area (Å²) in [6.45, 7) is 0. The summed E-state index contributed by atoms with van der Waals surface area (Å²) in [7, 11) is 0. The zero-order chi connectivity index (χ0) is 10.6. The van der Waals surface area contributed by atoms with Gasteiger partial charge in [-0.1, -0.05) is 0 Å². The second kappa shape index (κ2) is 15.9. The summed E-state index contributed by atoms with van der Waals surface area (Å²) in [6, 6.07) is 0. The van der Waals surface area contributed by atoms with Crippen LogP contribution in [0.3, 0.4) is 0 Å². The Balaban J connectivity index is -0.000000120. The molecule has 82 valence electrons. The van der Waals surface area contributed by atoms with Gasteiger partial charge in [-0.05, 0) is 0 Å². The van der Waals surface area contributed by atoms with E-state index in [1.807, 2.05) is 0 Å². The third-order valence-corrected chi connectivity index (χ3v) is 1.27. The molecule has 0 rings (SSSR count). The molecule has 11 heteroatoms. The molecule has 0 saturated carbocycles. The standard InChI is InChI=1S/C6H8O7.ClH.3K/c7-3(8)1-6(13,5(11)12)2-4(9)10;;;;/h13H,1-2H2,(H,7,8)(H,9,10)(H,11,12);1H;;;/q;;3*+1/p-3. The van der Waals surface area contributed by atoms with Gasteiger partial charge in [0.2, 0.25) is 0 Å². The number of rotatable bonds is 5. The molecule has 0 aromatic carbocycles. The molecule has 0 amide bonds. The van der Waals surface area contributed by atoms with Gasteiger partial charge in [0, 0.05) is 24.8 Å². The zero-order valence-corrected chi connectivity index (χ0v) is 19.9. The van der Waals surface area contributed by atoms with E-state index in [4.69, 9.17) is 10.2 Å². The molecule has 0 aliphatic carbocycles. The Morgan fingerprint density at radius 2 is 1.18 bits per heavy atom. The minimum Gasteiger partial charge on any atom is -1.00 e. The van der Waals surface area contributed by atoms with E-state index in [2.05, 4.69) is 0 Å². The van der Waals surface area contributed by atoms with Gasteiger partial charge in [-0.2, -0.15) is 0 Å². The van der Waals surface area contributed by atoms with Crippen LogP contribution in [-0.4, -0.2) is 33.7 Å². The first-order chi connectivity index (χ1) is 5.78. The number of carboxylic acids is 3. The van der Waals surface area contributed by atoms with Crippen LogP contribution in [0.25, 0.3) is 0 Å². The number of carboxylic acid groups (broad SMARTS) is 3. The van der Waals surface area contributed by atoms with Crippen LogP contribution in [0.2, 0.25) is 0 Å². The minimum absolute atomic E-state index is 0. The molecule has 17 heavy (non-hydrogen) atoms. The van der Waals surface area contributed by atoms with Gasteiger partial charge >= 0.3 is 160 Å². The Bertz CT molecular complexity index is 244. The SMILES string of the molecule is O=C([O-])CC(O)(CC(=O)[O-])C(=O)O.[Cl-].[K+].[K+].[K+]. The van der Waals surface area contributed by atoms with Crippen LogP contribution in [0.1, 0.15) is 12.8 Å². The van der Waals surface area contributed by atoms with Crippen LogP contribution < -0.4 is 177 Å². The molecule has 0 aliphatic heterocycles. The second-order valence-corrected chi connectivity index (χ2v) is 2.43. The maximum absolute atomic E-state index is 10.3. The summed E-state index contributed by atoms with van der Waals surface area (Å²) in [5.41, 5.74) is -2.86. The average molecular weight is 343 g/mol. The van der Waals surface area contributed by atoms with Crippen LogP contribution in [-0.2, 0) is 14.4 Å². The number of hydrogen-bond donors (Lipinski definition) is 2. The van der Waals surface area contributed by atoms with Gasteiger partial charge in [0.05, 0.1) is 0 Å². The summed E-state index contributed by atoms with van der Waals surface area (Å²) in [5, 5.41) is 37.2. The van der Waals surface area contributed by atoms with E-state index in [1.165, 1.54) is 0 Å². The van der Waals surface area contributed by atoms with Gasteiger partial charge in [-0.15, -0.1) is 0 Å². The summed E-state index contributed by atoms with van der Waals surface area (Å²) in [6.07, 6.45) is -2.59. The molecule has 0 unspecified atom stereocenters. The molecule has 0 radical (unpaired) electrons. The molecule has 0 fully saturated rings. The number of carbonyl (C=O) groups is 3. The van der Waals surface area contributed by atoms with Crippen molar-refractivity contribution in [3.05, 3.63) is 0 Å². The molecular formula is C6H6ClK3O7. The van der Waals surface area contributed by atoms with Gasteiger partial charge in [0.15, 0.2) is 5.60 Å². The number of halogens is 1. The molecule has 7 nitrogen and oxygen atoms in total. The van der Waals surface area contributed by atoms with Crippen molar-refractivity contribution in [2.45, 2.75) is 18.4 Å². The largest absolute Gasteiger partial charge is 1.00 e. The molecule has 0 aromatic heterocycles. The molecule has 0 aliphatic rings. The summed E-state index contributed by atoms with van der Waals surface area (Å²) < 4.78 is 0. The number of aliphatic hydroxyl groups is 1. The van der Waals surface area contributed by atoms with Gasteiger partial charge in [0.25, 0.3) is 0 Å². The third kappa shape index (κ3) is 15.8. The van der Waals surface area contributed by atoms with Gasteiger partial charge in [-0.3, -0.25) is 0 Å². The Hall–Kier alpha value is 3.57. The van der Waals surface area contributed by atoms with Crippen LogP contribution in [0.4, 0.5) is 0 Å². The fourth-order valence-electron chi connectivity index (χ4n) is 0.691. The van der Waals surface area contributed by atoms with E-state index in [9.17, 15) is 24.6 Å². The van der Waals surface area contributed by atoms with E-state index in [1.54, 1.807) is 0 Å². The Morgan fingerprint density at radius 3 is 1.29 bits per heavy atom. The van der Waals surface area contributed by atoms with E-state index >= 15 is 0 Å². The first kappa shape index (κ1) is 32.5. The predicted octanol–water partition coefficient (Wildman–Crippen LogP) is -15.9. The third-order valence-electron chi connectivity index (χ3n) is 1.27. The molecule has 0 bridgehead atoms. The Morgan fingerprint density at radius 1 is 0.941 bits per heavy atom. The molecule has 0 heterocycles. The maximum atomic E-state index is 10.3. The smallest absolute Gasteiger partial charge is 1.00 e. The first-order valence-electron chi connectivity index (χ1n) is 3.13. The van der Waals surface area contributed by atoms with E-state index in [-0.39, 0.29) is 167 Å². The minimum atomic E-state index is -2.86. The van der Waals surface area contributed by atoms with Gasteiger partial charge in [0.1, 0.15) is 0 Å². The summed E-state index contributed by atoms with van der Waals surface area (Å²) in [4.78, 5) is 30.2. The monoisotopic (exact) mass is 342 g/mol. The molecular weight excluding hydrogens is 337 g/mol. The molecule has 2 N–H and O–H groups in total. The Labute approximate surface area is 231 Å².